The van der Waals surface area contributed by atoms with Gasteiger partial charge in [0.1, 0.15) is 0 Å². The van der Waals surface area contributed by atoms with Gasteiger partial charge in [-0.05, 0) is 19.8 Å². The van der Waals surface area contributed by atoms with Gasteiger partial charge in [0.05, 0.1) is 0 Å². The maximum absolute atomic E-state index is 10.6. The normalized spacial score (nSPS) is 29.6. The van der Waals surface area contributed by atoms with E-state index in [1.54, 1.807) is 0 Å². The molecule has 1 amide bonds. The Hall–Kier alpha value is -0.530. The quantitative estimate of drug-likeness (QED) is 0.491. The second kappa shape index (κ2) is 2.16. The summed E-state index contributed by atoms with van der Waals surface area (Å²) in [6, 6.07) is 0.413. The van der Waals surface area contributed by atoms with Crippen molar-refractivity contribution in [3.8, 4) is 0 Å². The summed E-state index contributed by atoms with van der Waals surface area (Å²) in [5.41, 5.74) is 0. The van der Waals surface area contributed by atoms with Gasteiger partial charge in [0.2, 0.25) is 5.91 Å². The second-order valence-corrected chi connectivity index (χ2v) is 2.36. The predicted octanol–water partition coefficient (Wildman–Crippen LogP) is 0.675. The molecule has 0 bridgehead atoms. The molecule has 46 valence electrons. The molecule has 0 spiro atoms. The first-order valence-corrected chi connectivity index (χ1v) is 3.08. The zero-order chi connectivity index (χ0) is 5.98. The van der Waals surface area contributed by atoms with Crippen molar-refractivity contribution in [1.82, 2.24) is 5.32 Å². The number of carbonyl (C=O) groups is 1. The highest BCUT2D eigenvalue weighted by Crippen LogP contribution is 2.05. The lowest BCUT2D eigenvalue weighted by molar-refractivity contribution is -0.123. The van der Waals surface area contributed by atoms with Gasteiger partial charge in [-0.3, -0.25) is 4.79 Å². The third kappa shape index (κ3) is 1.22. The Labute approximate surface area is 49.3 Å². The van der Waals surface area contributed by atoms with E-state index in [-0.39, 0.29) is 5.91 Å². The highest BCUT2D eigenvalue weighted by atomic mass is 16.1. The Balaban J connectivity index is 2.34. The van der Waals surface area contributed by atoms with Crippen LogP contribution in [-0.2, 0) is 4.79 Å². The fourth-order valence-corrected chi connectivity index (χ4v) is 0.988. The van der Waals surface area contributed by atoms with Crippen LogP contribution in [0.2, 0.25) is 0 Å². The topological polar surface area (TPSA) is 29.1 Å². The first kappa shape index (κ1) is 5.60. The standard InChI is InChI=1S/C6H11NO/c1-5-3-2-4-6(8)7-5/h5H,2-4H2,1H3,(H,7,8)/t5-/m0/s1. The molecule has 2 heteroatoms. The Kier molecular flexibility index (Phi) is 1.51. The summed E-state index contributed by atoms with van der Waals surface area (Å²) in [5, 5.41) is 2.84. The highest BCUT2D eigenvalue weighted by Gasteiger charge is 2.12. The molecular formula is C6H11NO. The van der Waals surface area contributed by atoms with E-state index >= 15 is 0 Å². The minimum Gasteiger partial charge on any atom is -0.354 e. The van der Waals surface area contributed by atoms with Gasteiger partial charge in [-0.15, -0.1) is 0 Å². The average Bonchev–Trinajstić information content (AvgIpc) is 1.64. The number of carbonyl (C=O) groups excluding carboxylic acids is 1. The Morgan fingerprint density at radius 1 is 1.75 bits per heavy atom. The van der Waals surface area contributed by atoms with Gasteiger partial charge >= 0.3 is 0 Å². The molecule has 0 aromatic heterocycles. The number of rotatable bonds is 0. The molecule has 1 saturated heterocycles. The summed E-state index contributed by atoms with van der Waals surface area (Å²) < 4.78 is 0. The van der Waals surface area contributed by atoms with Crippen LogP contribution in [0.5, 0.6) is 0 Å². The molecule has 8 heavy (non-hydrogen) atoms. The summed E-state index contributed by atoms with van der Waals surface area (Å²) in [5.74, 6) is 0.212. The molecule has 0 unspecified atom stereocenters. The van der Waals surface area contributed by atoms with Gasteiger partial charge in [0, 0.05) is 12.5 Å². The molecule has 1 N–H and O–H groups in total. The third-order valence-corrected chi connectivity index (χ3v) is 1.45. The van der Waals surface area contributed by atoms with Gasteiger partial charge in [-0.1, -0.05) is 0 Å². The number of amides is 1. The third-order valence-electron chi connectivity index (χ3n) is 1.45. The lowest BCUT2D eigenvalue weighted by Crippen LogP contribution is -2.36. The number of hydrogen-bond donors (Lipinski definition) is 1. The van der Waals surface area contributed by atoms with Crippen molar-refractivity contribution >= 4 is 5.91 Å². The lowest BCUT2D eigenvalue weighted by atomic mass is 10.1. The molecule has 0 aromatic rings. The molecule has 1 heterocycles. The number of hydrogen-bond acceptors (Lipinski definition) is 1. The van der Waals surface area contributed by atoms with Gasteiger partial charge in [0.15, 0.2) is 0 Å². The lowest BCUT2D eigenvalue weighted by Gasteiger charge is -2.18. The molecule has 0 saturated carbocycles. The van der Waals surface area contributed by atoms with Crippen molar-refractivity contribution in [1.29, 1.82) is 0 Å². The number of piperidine rings is 1. The van der Waals surface area contributed by atoms with Crippen molar-refractivity contribution in [3.63, 3.8) is 0 Å². The average molecular weight is 113 g/mol. The fraction of sp³-hybridized carbons (Fsp3) is 0.833. The first-order chi connectivity index (χ1) is 3.79. The van der Waals surface area contributed by atoms with Gasteiger partial charge < -0.3 is 5.32 Å². The molecule has 1 aliphatic heterocycles. The van der Waals surface area contributed by atoms with Crippen LogP contribution in [-0.4, -0.2) is 11.9 Å². The van der Waals surface area contributed by atoms with Crippen molar-refractivity contribution in [2.75, 3.05) is 0 Å². The Bertz CT molecular complexity index is 101. The van der Waals surface area contributed by atoms with E-state index in [0.29, 0.717) is 6.04 Å². The minimum atomic E-state index is 0.212. The summed E-state index contributed by atoms with van der Waals surface area (Å²) >= 11 is 0. The zero-order valence-corrected chi connectivity index (χ0v) is 5.11. The Morgan fingerprint density at radius 2 is 2.50 bits per heavy atom. The molecule has 1 fully saturated rings. The van der Waals surface area contributed by atoms with E-state index in [4.69, 9.17) is 0 Å². The zero-order valence-electron chi connectivity index (χ0n) is 5.11. The maximum atomic E-state index is 10.6. The molecule has 0 radical (unpaired) electrons. The van der Waals surface area contributed by atoms with Crippen molar-refractivity contribution in [3.05, 3.63) is 0 Å². The van der Waals surface area contributed by atoms with Crippen LogP contribution in [0.1, 0.15) is 26.2 Å². The molecule has 2 nitrogen and oxygen atoms in total. The molecule has 1 rings (SSSR count). The van der Waals surface area contributed by atoms with Crippen molar-refractivity contribution < 1.29 is 4.79 Å². The second-order valence-electron chi connectivity index (χ2n) is 2.36. The van der Waals surface area contributed by atoms with E-state index in [1.165, 1.54) is 0 Å². The van der Waals surface area contributed by atoms with Crippen LogP contribution in [0.3, 0.4) is 0 Å². The molecule has 0 aliphatic carbocycles. The van der Waals surface area contributed by atoms with E-state index in [0.717, 1.165) is 19.3 Å². The summed E-state index contributed by atoms with van der Waals surface area (Å²) in [4.78, 5) is 10.6. The fourth-order valence-electron chi connectivity index (χ4n) is 0.988. The Morgan fingerprint density at radius 3 is 2.88 bits per heavy atom. The summed E-state index contributed by atoms with van der Waals surface area (Å²) in [7, 11) is 0. The van der Waals surface area contributed by atoms with Gasteiger partial charge in [-0.2, -0.15) is 0 Å². The smallest absolute Gasteiger partial charge is 0.220 e. The summed E-state index contributed by atoms with van der Waals surface area (Å²) in [6.07, 6.45) is 2.93. The van der Waals surface area contributed by atoms with Crippen LogP contribution in [0.15, 0.2) is 0 Å². The van der Waals surface area contributed by atoms with Gasteiger partial charge in [-0.25, -0.2) is 0 Å². The van der Waals surface area contributed by atoms with Gasteiger partial charge in [0.25, 0.3) is 0 Å². The largest absolute Gasteiger partial charge is 0.354 e. The first-order valence-electron chi connectivity index (χ1n) is 3.08. The van der Waals surface area contributed by atoms with Crippen LogP contribution < -0.4 is 5.32 Å². The summed E-state index contributed by atoms with van der Waals surface area (Å²) in [6.45, 7) is 2.04. The maximum Gasteiger partial charge on any atom is 0.220 e. The molecule has 0 aromatic carbocycles. The van der Waals surface area contributed by atoms with E-state index in [2.05, 4.69) is 5.32 Å². The molecule has 1 aliphatic rings. The predicted molar refractivity (Wildman–Crippen MR) is 31.5 cm³/mol. The van der Waals surface area contributed by atoms with Crippen molar-refractivity contribution in [2.24, 2.45) is 0 Å². The monoisotopic (exact) mass is 113 g/mol. The van der Waals surface area contributed by atoms with Crippen LogP contribution in [0.4, 0.5) is 0 Å². The minimum absolute atomic E-state index is 0.212. The van der Waals surface area contributed by atoms with E-state index in [9.17, 15) is 4.79 Å². The van der Waals surface area contributed by atoms with E-state index in [1.807, 2.05) is 6.92 Å². The van der Waals surface area contributed by atoms with E-state index < -0.39 is 0 Å². The molecule has 1 atom stereocenters. The number of nitrogens with one attached hydrogen (secondary N) is 1. The van der Waals surface area contributed by atoms with Crippen LogP contribution >= 0.6 is 0 Å². The highest BCUT2D eigenvalue weighted by molar-refractivity contribution is 5.76. The van der Waals surface area contributed by atoms with Crippen LogP contribution in [0.25, 0.3) is 0 Å². The SMILES string of the molecule is C[C@H]1CCCC(=O)N1. The van der Waals surface area contributed by atoms with Crippen LogP contribution in [0, 0.1) is 0 Å². The molecular weight excluding hydrogens is 102 g/mol. The van der Waals surface area contributed by atoms with Crippen molar-refractivity contribution in [2.45, 2.75) is 32.2 Å².